The van der Waals surface area contributed by atoms with Crippen LogP contribution in [-0.2, 0) is 0 Å². The van der Waals surface area contributed by atoms with Crippen LogP contribution in [0.3, 0.4) is 0 Å². The van der Waals surface area contributed by atoms with Gasteiger partial charge in [-0.25, -0.2) is 0 Å². The van der Waals surface area contributed by atoms with E-state index in [0.29, 0.717) is 11.7 Å². The van der Waals surface area contributed by atoms with Crippen LogP contribution in [0.25, 0.3) is 0 Å². The Hall–Kier alpha value is -1.77. The Bertz CT molecular complexity index is 526. The number of hydrogen-bond acceptors (Lipinski definition) is 3. The lowest BCUT2D eigenvalue weighted by atomic mass is 9.94. The molecular formula is C17H22N2O. The van der Waals surface area contributed by atoms with Crippen LogP contribution in [-0.4, -0.2) is 22.5 Å². The Kier molecular flexibility index (Phi) is 5.22. The number of carbonyl (C=O) groups is 1. The van der Waals surface area contributed by atoms with Gasteiger partial charge >= 0.3 is 0 Å². The molecule has 20 heavy (non-hydrogen) atoms. The number of fused-ring (bicyclic) bond motifs is 1. The molecule has 0 radical (unpaired) electrons. The third kappa shape index (κ3) is 3.21. The summed E-state index contributed by atoms with van der Waals surface area (Å²) in [4.78, 5) is 20.7. The first-order valence-corrected chi connectivity index (χ1v) is 7.60. The molecule has 0 aliphatic heterocycles. The molecule has 0 bridgehead atoms. The summed E-state index contributed by atoms with van der Waals surface area (Å²) in [6, 6.07) is 4.22. The van der Waals surface area contributed by atoms with E-state index in [0.717, 1.165) is 11.3 Å². The molecule has 0 aromatic carbocycles. The van der Waals surface area contributed by atoms with E-state index in [9.17, 15) is 4.79 Å². The largest absolute Gasteiger partial charge is 0.288 e. The van der Waals surface area contributed by atoms with E-state index >= 15 is 0 Å². The predicted molar refractivity (Wildman–Crippen MR) is 82.5 cm³/mol. The molecule has 1 aromatic heterocycles. The molecule has 0 saturated heterocycles. The zero-order chi connectivity index (χ0) is 14.4. The summed E-state index contributed by atoms with van der Waals surface area (Å²) < 4.78 is 0. The van der Waals surface area contributed by atoms with Crippen molar-refractivity contribution in [1.29, 1.82) is 0 Å². The van der Waals surface area contributed by atoms with Gasteiger partial charge in [-0.2, -0.15) is 0 Å². The number of allylic oxidation sites excluding steroid dienone is 2. The Morgan fingerprint density at radius 3 is 2.65 bits per heavy atom. The fourth-order valence-electron chi connectivity index (χ4n) is 2.65. The monoisotopic (exact) mass is 270 g/mol. The second-order valence-corrected chi connectivity index (χ2v) is 4.90. The van der Waals surface area contributed by atoms with Crippen LogP contribution in [0.15, 0.2) is 35.5 Å². The normalized spacial score (nSPS) is 20.3. The van der Waals surface area contributed by atoms with Gasteiger partial charge < -0.3 is 0 Å². The van der Waals surface area contributed by atoms with Crippen molar-refractivity contribution in [2.75, 3.05) is 0 Å². The lowest BCUT2D eigenvalue weighted by Crippen LogP contribution is -2.18. The van der Waals surface area contributed by atoms with E-state index in [4.69, 9.17) is 4.99 Å². The molecule has 0 amide bonds. The highest BCUT2D eigenvalue weighted by Gasteiger charge is 2.20. The molecule has 1 aromatic rings. The lowest BCUT2D eigenvalue weighted by Gasteiger charge is -2.20. The minimum absolute atomic E-state index is 0.0202. The van der Waals surface area contributed by atoms with Gasteiger partial charge in [-0.15, -0.1) is 0 Å². The Labute approximate surface area is 120 Å². The first-order chi connectivity index (χ1) is 9.84. The molecule has 2 aliphatic rings. The van der Waals surface area contributed by atoms with E-state index in [1.165, 1.54) is 32.1 Å². The fourth-order valence-corrected chi connectivity index (χ4v) is 2.65. The number of ketones is 1. The molecule has 3 nitrogen and oxygen atoms in total. The first-order valence-electron chi connectivity index (χ1n) is 7.60. The fraction of sp³-hybridized carbons (Fsp3) is 0.471. The maximum Gasteiger partial charge on any atom is 0.204 e. The van der Waals surface area contributed by atoms with Crippen LogP contribution in [0.4, 0.5) is 0 Å². The van der Waals surface area contributed by atoms with Gasteiger partial charge in [-0.1, -0.05) is 33.1 Å². The van der Waals surface area contributed by atoms with Gasteiger partial charge in [0.2, 0.25) is 5.78 Å². The Balaban J connectivity index is 0.000000704. The molecule has 3 rings (SSSR count). The average molecular weight is 270 g/mol. The minimum Gasteiger partial charge on any atom is -0.288 e. The number of aliphatic imine (C=N–C) groups is 1. The zero-order valence-electron chi connectivity index (χ0n) is 12.3. The maximum absolute atomic E-state index is 11.7. The lowest BCUT2D eigenvalue weighted by molar-refractivity contribution is 0.104. The second-order valence-electron chi connectivity index (χ2n) is 4.90. The van der Waals surface area contributed by atoms with Crippen molar-refractivity contribution in [3.05, 3.63) is 41.7 Å². The number of hydrogen-bond donors (Lipinski definition) is 0. The third-order valence-electron chi connectivity index (χ3n) is 3.61. The van der Waals surface area contributed by atoms with Gasteiger partial charge in [0.1, 0.15) is 5.69 Å². The van der Waals surface area contributed by atoms with Crippen molar-refractivity contribution >= 4 is 11.5 Å². The van der Waals surface area contributed by atoms with E-state index in [-0.39, 0.29) is 5.78 Å². The second kappa shape index (κ2) is 7.13. The standard InChI is InChI=1S/C15H16N2O.C2H6/c18-14-9-8-13(12-7-4-10-16-15(12)14)17-11-5-2-1-3-6-11;1-2/h4,7-11H,1-3,5-6H2;1-2H3. The van der Waals surface area contributed by atoms with Crippen molar-refractivity contribution in [3.63, 3.8) is 0 Å². The summed E-state index contributed by atoms with van der Waals surface area (Å²) >= 11 is 0. The highest BCUT2D eigenvalue weighted by atomic mass is 16.1. The summed E-state index contributed by atoms with van der Waals surface area (Å²) in [5.74, 6) is -0.0202. The molecule has 3 heteroatoms. The van der Waals surface area contributed by atoms with Crippen LogP contribution in [0, 0.1) is 0 Å². The highest BCUT2D eigenvalue weighted by molar-refractivity contribution is 6.23. The Morgan fingerprint density at radius 2 is 1.90 bits per heavy atom. The SMILES string of the molecule is CC.O=C1C=CC(=NC2CCCCC2)c2cccnc21. The van der Waals surface area contributed by atoms with Crippen LogP contribution in [0.2, 0.25) is 0 Å². The van der Waals surface area contributed by atoms with Gasteiger partial charge in [-0.3, -0.25) is 14.8 Å². The summed E-state index contributed by atoms with van der Waals surface area (Å²) in [6.45, 7) is 4.00. The molecule has 0 atom stereocenters. The van der Waals surface area contributed by atoms with Gasteiger partial charge in [0.15, 0.2) is 0 Å². The van der Waals surface area contributed by atoms with Gasteiger partial charge in [-0.05, 0) is 37.1 Å². The van der Waals surface area contributed by atoms with Crippen LogP contribution >= 0.6 is 0 Å². The minimum atomic E-state index is -0.0202. The van der Waals surface area contributed by atoms with Crippen molar-refractivity contribution in [3.8, 4) is 0 Å². The van der Waals surface area contributed by atoms with Gasteiger partial charge in [0.25, 0.3) is 0 Å². The van der Waals surface area contributed by atoms with Crippen LogP contribution < -0.4 is 0 Å². The van der Waals surface area contributed by atoms with Crippen LogP contribution in [0.5, 0.6) is 0 Å². The van der Waals surface area contributed by atoms with E-state index in [1.54, 1.807) is 12.3 Å². The quantitative estimate of drug-likeness (QED) is 0.774. The molecule has 0 N–H and O–H groups in total. The third-order valence-corrected chi connectivity index (χ3v) is 3.61. The molecule has 0 unspecified atom stereocenters. The molecule has 106 valence electrons. The number of pyridine rings is 1. The van der Waals surface area contributed by atoms with Crippen molar-refractivity contribution in [1.82, 2.24) is 4.98 Å². The van der Waals surface area contributed by atoms with E-state index in [1.807, 2.05) is 32.1 Å². The summed E-state index contributed by atoms with van der Waals surface area (Å²) in [6.07, 6.45) is 11.3. The van der Waals surface area contributed by atoms with Crippen molar-refractivity contribution < 1.29 is 4.79 Å². The molecular weight excluding hydrogens is 248 g/mol. The smallest absolute Gasteiger partial charge is 0.204 e. The van der Waals surface area contributed by atoms with Crippen molar-refractivity contribution in [2.45, 2.75) is 52.0 Å². The molecule has 0 spiro atoms. The number of nitrogens with zero attached hydrogens (tertiary/aromatic N) is 2. The molecule has 1 fully saturated rings. The zero-order valence-corrected chi connectivity index (χ0v) is 12.3. The number of aromatic nitrogens is 1. The highest BCUT2D eigenvalue weighted by Crippen LogP contribution is 2.23. The van der Waals surface area contributed by atoms with E-state index < -0.39 is 0 Å². The molecule has 1 saturated carbocycles. The molecule has 2 aliphatic carbocycles. The van der Waals surface area contributed by atoms with Crippen molar-refractivity contribution in [2.24, 2.45) is 4.99 Å². The Morgan fingerprint density at radius 1 is 1.15 bits per heavy atom. The first kappa shape index (κ1) is 14.6. The van der Waals surface area contributed by atoms with Gasteiger partial charge in [0.05, 0.1) is 11.8 Å². The summed E-state index contributed by atoms with van der Waals surface area (Å²) in [7, 11) is 0. The topological polar surface area (TPSA) is 42.3 Å². The number of rotatable bonds is 1. The molecule has 1 heterocycles. The maximum atomic E-state index is 11.7. The predicted octanol–water partition coefficient (Wildman–Crippen LogP) is 3.98. The average Bonchev–Trinajstić information content (AvgIpc) is 2.53. The number of carbonyl (C=O) groups excluding carboxylic acids is 1. The summed E-state index contributed by atoms with van der Waals surface area (Å²) in [5.41, 5.74) is 2.34. The van der Waals surface area contributed by atoms with Crippen LogP contribution in [0.1, 0.15) is 62.0 Å². The van der Waals surface area contributed by atoms with Gasteiger partial charge in [0, 0.05) is 11.8 Å². The van der Waals surface area contributed by atoms with E-state index in [2.05, 4.69) is 4.98 Å². The summed E-state index contributed by atoms with van der Waals surface area (Å²) in [5, 5.41) is 0.